The van der Waals surface area contributed by atoms with Crippen LogP contribution in [0.5, 0.6) is 23.0 Å². The predicted molar refractivity (Wildman–Crippen MR) is 329 cm³/mol. The molecule has 474 valence electrons. The summed E-state index contributed by atoms with van der Waals surface area (Å²) in [5.74, 6) is 1.77. The molecule has 23 heteroatoms. The number of fused-ring (bicyclic) bond motifs is 4. The number of hydrogen-bond acceptors (Lipinski definition) is 16. The minimum absolute atomic E-state index is 0.0697. The first kappa shape index (κ1) is 61.0. The zero-order chi connectivity index (χ0) is 63.5. The SMILES string of the molecule is CC(C)[C@H](NC(=O)OC(C)(C)C)C(=O)N1C[C@H](OC(=O)N2Cc3cc4c(cc3C2)OCO4)C[C@H]1C1=NC=C(c2ccc(-c3ccc(-c4cnc([C@@H]5C[C@@H](OC(=O)N6Cc7cc8c(cc7C6)OCO8)CN5C(=O)[C@@H](NC(=O)OC(C)(C)C)C(C)C)[nH]4)cc3)cc2)C1. The van der Waals surface area contributed by atoms with Gasteiger partial charge in [-0.2, -0.15) is 0 Å². The van der Waals surface area contributed by atoms with Gasteiger partial charge < -0.3 is 63.3 Å². The highest BCUT2D eigenvalue weighted by molar-refractivity contribution is 6.04. The Balaban J connectivity index is 0.711. The van der Waals surface area contributed by atoms with E-state index in [0.29, 0.717) is 73.5 Å². The molecule has 23 nitrogen and oxygen atoms in total. The van der Waals surface area contributed by atoms with Crippen LogP contribution in [0.1, 0.15) is 128 Å². The largest absolute Gasteiger partial charge is 0.454 e. The molecule has 0 unspecified atom stereocenters. The van der Waals surface area contributed by atoms with E-state index in [0.717, 1.165) is 55.8 Å². The number of aliphatic imine (C=N–C) groups is 1. The van der Waals surface area contributed by atoms with Gasteiger partial charge >= 0.3 is 24.4 Å². The fraction of sp³-hybridized carbons (Fsp3) is 0.463. The highest BCUT2D eigenvalue weighted by atomic mass is 16.7. The van der Waals surface area contributed by atoms with Crippen LogP contribution >= 0.6 is 0 Å². The number of imidazole rings is 1. The van der Waals surface area contributed by atoms with E-state index in [2.05, 4.69) is 15.6 Å². The van der Waals surface area contributed by atoms with E-state index < -0.39 is 72.0 Å². The molecular formula is C67H77N9O14. The standard InChI is InChI=1S/C67H77N9O14/c1-36(2)57(71-62(79)89-66(5,6)7)60(77)75-32-47(87-64(81)73-28-43-20-53-54(84-34-83-53)21-44(43)29-73)24-51(75)49-19-42(26-68-49)40-13-11-38(12-14-40)39-15-17-41(18-16-39)50-27-69-59(70-50)52-25-48(33-76(52)61(78)58(37(3)4)72-63(80)90-67(8,9)10)88-65(82)74-30-45-22-55-56(86-35-85-55)23-46(45)31-74/h11-18,20-23,26-27,36-37,47-48,51-52,57-58H,19,24-25,28-35H2,1-10H3,(H,69,70)(H,71,79)(H,72,80)/t47-,48-,51+,52+,57+,58+/m1/s1. The zero-order valence-corrected chi connectivity index (χ0v) is 52.4. The third-order valence-electron chi connectivity index (χ3n) is 17.0. The lowest BCUT2D eigenvalue weighted by atomic mass is 9.95. The van der Waals surface area contributed by atoms with Crippen molar-refractivity contribution in [1.82, 2.24) is 40.2 Å². The molecule has 0 saturated carbocycles. The van der Waals surface area contributed by atoms with E-state index in [1.807, 2.05) is 107 Å². The summed E-state index contributed by atoms with van der Waals surface area (Å²) >= 11 is 0. The smallest absolute Gasteiger partial charge is 0.410 e. The van der Waals surface area contributed by atoms with Crippen LogP contribution in [0.25, 0.3) is 28.0 Å². The van der Waals surface area contributed by atoms with Crippen LogP contribution in [0.15, 0.2) is 90.2 Å². The summed E-state index contributed by atoms with van der Waals surface area (Å²) in [5.41, 5.74) is 8.37. The van der Waals surface area contributed by atoms with Crippen molar-refractivity contribution in [3.63, 3.8) is 0 Å². The van der Waals surface area contributed by atoms with Crippen molar-refractivity contribution in [1.29, 1.82) is 0 Å². The minimum Gasteiger partial charge on any atom is -0.454 e. The van der Waals surface area contributed by atoms with E-state index in [1.54, 1.807) is 67.3 Å². The lowest BCUT2D eigenvalue weighted by molar-refractivity contribution is -0.136. The number of hydrogen-bond donors (Lipinski definition) is 3. The van der Waals surface area contributed by atoms with Gasteiger partial charge in [0.05, 0.1) is 37.1 Å². The second-order valence-corrected chi connectivity index (χ2v) is 26.7. The molecule has 0 radical (unpaired) electrons. The molecule has 7 aliphatic heterocycles. The Labute approximate surface area is 522 Å². The van der Waals surface area contributed by atoms with E-state index >= 15 is 0 Å². The minimum atomic E-state index is -0.948. The molecular weight excluding hydrogens is 1150 g/mol. The average Bonchev–Trinajstić information content (AvgIpc) is 1.73. The number of H-pyrrole nitrogens is 1. The van der Waals surface area contributed by atoms with Crippen molar-refractivity contribution in [3.05, 3.63) is 119 Å². The summed E-state index contributed by atoms with van der Waals surface area (Å²) in [4.78, 5) is 103. The molecule has 3 N–H and O–H groups in total. The van der Waals surface area contributed by atoms with Crippen molar-refractivity contribution < 1.29 is 66.7 Å². The Bertz CT molecular complexity index is 3630. The monoisotopic (exact) mass is 1230 g/mol. The number of carbonyl (C=O) groups is 6. The number of alkyl carbamates (subject to hydrolysis) is 2. The summed E-state index contributed by atoms with van der Waals surface area (Å²) < 4.78 is 45.8. The maximum Gasteiger partial charge on any atom is 0.410 e. The van der Waals surface area contributed by atoms with E-state index in [9.17, 15) is 28.8 Å². The maximum absolute atomic E-state index is 14.7. The number of nitrogens with one attached hydrogen (secondary N) is 3. The number of ether oxygens (including phenoxy) is 8. The third-order valence-corrected chi connectivity index (χ3v) is 17.0. The first-order valence-corrected chi connectivity index (χ1v) is 30.7. The summed E-state index contributed by atoms with van der Waals surface area (Å²) in [6, 6.07) is 20.8. The number of aromatic nitrogens is 2. The number of nitrogens with zero attached hydrogens (tertiary/aromatic N) is 6. The zero-order valence-electron chi connectivity index (χ0n) is 52.4. The summed E-state index contributed by atoms with van der Waals surface area (Å²) in [5, 5.41) is 5.61. The van der Waals surface area contributed by atoms with Gasteiger partial charge in [0.2, 0.25) is 25.4 Å². The number of amides is 6. The molecule has 2 saturated heterocycles. The van der Waals surface area contributed by atoms with Crippen LogP contribution in [-0.4, -0.2) is 140 Å². The highest BCUT2D eigenvalue weighted by Gasteiger charge is 2.47. The first-order chi connectivity index (χ1) is 42.9. The molecule has 0 aliphatic carbocycles. The second kappa shape index (κ2) is 24.3. The van der Waals surface area contributed by atoms with Crippen LogP contribution in [0, 0.1) is 11.8 Å². The van der Waals surface area contributed by atoms with Gasteiger partial charge in [0.1, 0.15) is 41.3 Å². The lowest BCUT2D eigenvalue weighted by Gasteiger charge is -2.31. The number of aromatic amines is 1. The van der Waals surface area contributed by atoms with Gasteiger partial charge in [0.25, 0.3) is 0 Å². The fourth-order valence-corrected chi connectivity index (χ4v) is 12.5. The number of rotatable bonds is 13. The van der Waals surface area contributed by atoms with Crippen molar-refractivity contribution in [2.45, 2.75) is 162 Å². The van der Waals surface area contributed by atoms with Crippen LogP contribution in [0.2, 0.25) is 0 Å². The fourth-order valence-electron chi connectivity index (χ4n) is 12.5. The third kappa shape index (κ3) is 13.1. The van der Waals surface area contributed by atoms with Gasteiger partial charge in [-0.15, -0.1) is 0 Å². The van der Waals surface area contributed by atoms with Gasteiger partial charge in [0.15, 0.2) is 23.0 Å². The Morgan fingerprint density at radius 3 is 1.39 bits per heavy atom. The van der Waals surface area contributed by atoms with Gasteiger partial charge in [0, 0.05) is 57.4 Å². The topological polar surface area (TPSA) is 254 Å². The quantitative estimate of drug-likeness (QED) is 0.0927. The first-order valence-electron chi connectivity index (χ1n) is 30.7. The number of carbonyl (C=O) groups excluding carboxylic acids is 6. The Morgan fingerprint density at radius 1 is 0.567 bits per heavy atom. The molecule has 5 aromatic rings. The molecule has 90 heavy (non-hydrogen) atoms. The number of allylic oxidation sites excluding steroid dienone is 1. The van der Waals surface area contributed by atoms with Gasteiger partial charge in [-0.1, -0.05) is 76.2 Å². The van der Waals surface area contributed by atoms with Gasteiger partial charge in [-0.05, 0) is 128 Å². The molecule has 12 rings (SSSR count). The number of benzene rings is 4. The lowest BCUT2D eigenvalue weighted by Crippen LogP contribution is -2.54. The summed E-state index contributed by atoms with van der Waals surface area (Å²) in [7, 11) is 0. The van der Waals surface area contributed by atoms with E-state index in [4.69, 9.17) is 47.9 Å². The summed E-state index contributed by atoms with van der Waals surface area (Å²) in [6.45, 7) is 19.8. The van der Waals surface area contributed by atoms with Crippen LogP contribution in [0.3, 0.4) is 0 Å². The Kier molecular flexibility index (Phi) is 16.4. The highest BCUT2D eigenvalue weighted by Crippen LogP contribution is 2.42. The molecule has 0 bridgehead atoms. The second-order valence-electron chi connectivity index (χ2n) is 26.7. The van der Waals surface area contributed by atoms with Crippen molar-refractivity contribution >= 4 is 47.5 Å². The molecule has 6 atom stereocenters. The Hall–Kier alpha value is -9.28. The molecule has 6 amide bonds. The molecule has 7 aliphatic rings. The normalized spacial score (nSPS) is 20.4. The van der Waals surface area contributed by atoms with E-state index in [-0.39, 0.29) is 56.7 Å². The Morgan fingerprint density at radius 2 is 0.967 bits per heavy atom. The molecule has 1 aromatic heterocycles. The van der Waals surface area contributed by atoms with E-state index in [1.165, 1.54) is 0 Å². The van der Waals surface area contributed by atoms with Crippen LogP contribution < -0.4 is 29.6 Å². The van der Waals surface area contributed by atoms with Crippen molar-refractivity contribution in [3.8, 4) is 45.4 Å². The van der Waals surface area contributed by atoms with Crippen molar-refractivity contribution in [2.24, 2.45) is 16.8 Å². The number of likely N-dealkylation sites (tertiary alicyclic amines) is 2. The average molecular weight is 1230 g/mol. The molecule has 4 aromatic carbocycles. The van der Waals surface area contributed by atoms with Gasteiger partial charge in [-0.25, -0.2) is 24.2 Å². The van der Waals surface area contributed by atoms with Crippen molar-refractivity contribution in [2.75, 3.05) is 26.7 Å². The predicted octanol–water partition coefficient (Wildman–Crippen LogP) is 10.4. The van der Waals surface area contributed by atoms with Gasteiger partial charge in [-0.3, -0.25) is 24.4 Å². The van der Waals surface area contributed by atoms with Crippen LogP contribution in [-0.2, 0) is 54.7 Å². The molecule has 0 spiro atoms. The summed E-state index contributed by atoms with van der Waals surface area (Å²) in [6.07, 6.45) is 0.791. The van der Waals surface area contributed by atoms with Crippen LogP contribution in [0.4, 0.5) is 19.2 Å². The molecule has 2 fully saturated rings. The maximum atomic E-state index is 14.7. The molecule has 8 heterocycles.